The van der Waals surface area contributed by atoms with Gasteiger partial charge in [-0.1, -0.05) is 26.0 Å². The van der Waals surface area contributed by atoms with E-state index in [1.165, 1.54) is 11.3 Å². The largest absolute Gasteiger partial charge is 0.370 e. The minimum Gasteiger partial charge on any atom is -0.370 e. The van der Waals surface area contributed by atoms with E-state index in [1.807, 2.05) is 20.8 Å². The van der Waals surface area contributed by atoms with Gasteiger partial charge in [0, 0.05) is 44.3 Å². The monoisotopic (exact) mass is 361 g/mol. The Balaban J connectivity index is 2.46. The number of anilines is 1. The minimum absolute atomic E-state index is 0.00647. The highest BCUT2D eigenvalue weighted by molar-refractivity contribution is 5.80. The fraction of sp³-hybridized carbons (Fsp3) is 0.600. The highest BCUT2D eigenvalue weighted by Gasteiger charge is 2.06. The lowest BCUT2D eigenvalue weighted by Gasteiger charge is -2.24. The van der Waals surface area contributed by atoms with Crippen molar-refractivity contribution in [2.75, 3.05) is 44.2 Å². The van der Waals surface area contributed by atoms with Crippen LogP contribution in [0.2, 0.25) is 0 Å². The molecule has 0 spiro atoms. The molecule has 6 nitrogen and oxygen atoms in total. The molecule has 0 fully saturated rings. The van der Waals surface area contributed by atoms with Gasteiger partial charge in [0.05, 0.1) is 6.54 Å². The second-order valence-electron chi connectivity index (χ2n) is 6.55. The van der Waals surface area contributed by atoms with E-state index >= 15 is 0 Å². The lowest BCUT2D eigenvalue weighted by molar-refractivity contribution is -0.123. The molecule has 0 aliphatic carbocycles. The Labute approximate surface area is 158 Å². The third-order valence-electron chi connectivity index (χ3n) is 3.97. The van der Waals surface area contributed by atoms with Crippen LogP contribution in [-0.2, 0) is 4.79 Å². The Morgan fingerprint density at radius 1 is 1.15 bits per heavy atom. The van der Waals surface area contributed by atoms with Crippen LogP contribution in [0.25, 0.3) is 0 Å². The Bertz CT molecular complexity index is 571. The van der Waals surface area contributed by atoms with Crippen LogP contribution >= 0.6 is 0 Å². The molecule has 1 aromatic carbocycles. The predicted molar refractivity (Wildman–Crippen MR) is 111 cm³/mol. The molecule has 0 heterocycles. The van der Waals surface area contributed by atoms with Crippen LogP contribution in [0.1, 0.15) is 33.3 Å². The van der Waals surface area contributed by atoms with E-state index < -0.39 is 0 Å². The molecule has 0 saturated carbocycles. The number of guanidine groups is 1. The van der Waals surface area contributed by atoms with E-state index in [1.54, 1.807) is 0 Å². The highest BCUT2D eigenvalue weighted by Crippen LogP contribution is 2.14. The first-order valence-corrected chi connectivity index (χ1v) is 9.59. The topological polar surface area (TPSA) is 68.8 Å². The summed E-state index contributed by atoms with van der Waals surface area (Å²) in [5, 5.41) is 9.49. The van der Waals surface area contributed by atoms with Crippen LogP contribution < -0.4 is 20.9 Å². The van der Waals surface area contributed by atoms with Crippen molar-refractivity contribution in [2.45, 2.75) is 34.6 Å². The molecule has 0 aliphatic rings. The zero-order chi connectivity index (χ0) is 19.4. The van der Waals surface area contributed by atoms with Crippen molar-refractivity contribution in [2.24, 2.45) is 10.9 Å². The lowest BCUT2D eigenvalue weighted by Crippen LogP contribution is -2.42. The minimum atomic E-state index is 0.00647. The van der Waals surface area contributed by atoms with Crippen molar-refractivity contribution in [3.05, 3.63) is 29.8 Å². The maximum atomic E-state index is 11.6. The fourth-order valence-electron chi connectivity index (χ4n) is 2.50. The van der Waals surface area contributed by atoms with Gasteiger partial charge >= 0.3 is 0 Å². The smallest absolute Gasteiger partial charge is 0.222 e. The Hall–Kier alpha value is -2.24. The molecule has 146 valence electrons. The summed E-state index contributed by atoms with van der Waals surface area (Å²) in [5.41, 5.74) is 2.51. The third kappa shape index (κ3) is 8.23. The summed E-state index contributed by atoms with van der Waals surface area (Å²) in [4.78, 5) is 18.4. The SMILES string of the molecule is CCNC(=NCCNC(=O)C(C)C)NCCN(CC)c1cccc(C)c1. The molecule has 0 atom stereocenters. The maximum Gasteiger partial charge on any atom is 0.222 e. The summed E-state index contributed by atoms with van der Waals surface area (Å²) in [6.07, 6.45) is 0. The molecule has 0 radical (unpaired) electrons. The standard InChI is InChI=1S/C20H35N5O/c1-6-21-20(23-12-11-22-19(26)16(3)4)24-13-14-25(7-2)18-10-8-9-17(5)15-18/h8-10,15-16H,6-7,11-14H2,1-5H3,(H,22,26)(H2,21,23,24). The highest BCUT2D eigenvalue weighted by atomic mass is 16.1. The van der Waals surface area contributed by atoms with Crippen LogP contribution in [0, 0.1) is 12.8 Å². The van der Waals surface area contributed by atoms with Crippen molar-refractivity contribution >= 4 is 17.6 Å². The first-order chi connectivity index (χ1) is 12.5. The first-order valence-electron chi connectivity index (χ1n) is 9.59. The van der Waals surface area contributed by atoms with E-state index in [0.29, 0.717) is 13.1 Å². The predicted octanol–water partition coefficient (Wildman–Crippen LogP) is 2.15. The van der Waals surface area contributed by atoms with E-state index in [9.17, 15) is 4.79 Å². The third-order valence-corrected chi connectivity index (χ3v) is 3.97. The second-order valence-corrected chi connectivity index (χ2v) is 6.55. The van der Waals surface area contributed by atoms with Gasteiger partial charge in [-0.15, -0.1) is 0 Å². The van der Waals surface area contributed by atoms with E-state index in [4.69, 9.17) is 0 Å². The molecular formula is C20H35N5O. The second kappa shape index (κ2) is 12.2. The molecule has 0 aromatic heterocycles. The Morgan fingerprint density at radius 2 is 1.92 bits per heavy atom. The van der Waals surface area contributed by atoms with Crippen molar-refractivity contribution in [1.29, 1.82) is 0 Å². The molecular weight excluding hydrogens is 326 g/mol. The summed E-state index contributed by atoms with van der Waals surface area (Å²) in [6.45, 7) is 14.7. The van der Waals surface area contributed by atoms with E-state index in [-0.39, 0.29) is 11.8 Å². The molecule has 0 unspecified atom stereocenters. The van der Waals surface area contributed by atoms with Crippen LogP contribution in [0.5, 0.6) is 0 Å². The summed E-state index contributed by atoms with van der Waals surface area (Å²) in [7, 11) is 0. The van der Waals surface area contributed by atoms with Crippen molar-refractivity contribution in [3.63, 3.8) is 0 Å². The summed E-state index contributed by atoms with van der Waals surface area (Å²) in [5.74, 6) is 0.855. The Kier molecular flexibility index (Phi) is 10.2. The number of nitrogens with zero attached hydrogens (tertiary/aromatic N) is 2. The molecule has 0 saturated heterocycles. The molecule has 6 heteroatoms. The van der Waals surface area contributed by atoms with Crippen molar-refractivity contribution in [3.8, 4) is 0 Å². The number of aliphatic imine (C=N–C) groups is 1. The maximum absolute atomic E-state index is 11.6. The zero-order valence-corrected chi connectivity index (χ0v) is 16.9. The van der Waals surface area contributed by atoms with Crippen LogP contribution in [0.15, 0.2) is 29.3 Å². The molecule has 0 bridgehead atoms. The van der Waals surface area contributed by atoms with Crippen molar-refractivity contribution < 1.29 is 4.79 Å². The molecule has 1 aromatic rings. The van der Waals surface area contributed by atoms with Gasteiger partial charge in [0.1, 0.15) is 0 Å². The lowest BCUT2D eigenvalue weighted by atomic mass is 10.2. The van der Waals surface area contributed by atoms with Gasteiger partial charge in [-0.3, -0.25) is 9.79 Å². The van der Waals surface area contributed by atoms with Gasteiger partial charge in [-0.05, 0) is 38.5 Å². The number of aryl methyl sites for hydroxylation is 1. The number of carbonyl (C=O) groups is 1. The average molecular weight is 362 g/mol. The van der Waals surface area contributed by atoms with Gasteiger partial charge in [0.2, 0.25) is 5.91 Å². The molecule has 3 N–H and O–H groups in total. The van der Waals surface area contributed by atoms with Gasteiger partial charge in [0.15, 0.2) is 5.96 Å². The van der Waals surface area contributed by atoms with Gasteiger partial charge in [0.25, 0.3) is 0 Å². The average Bonchev–Trinajstić information content (AvgIpc) is 2.61. The van der Waals surface area contributed by atoms with Crippen LogP contribution in [-0.4, -0.2) is 51.1 Å². The fourth-order valence-corrected chi connectivity index (χ4v) is 2.50. The van der Waals surface area contributed by atoms with Crippen molar-refractivity contribution in [1.82, 2.24) is 16.0 Å². The molecule has 0 aliphatic heterocycles. The summed E-state index contributed by atoms with van der Waals surface area (Å²) < 4.78 is 0. The number of amides is 1. The molecule has 1 rings (SSSR count). The number of hydrogen-bond acceptors (Lipinski definition) is 3. The van der Waals surface area contributed by atoms with E-state index in [0.717, 1.165) is 32.1 Å². The number of rotatable bonds is 10. The van der Waals surface area contributed by atoms with Crippen LogP contribution in [0.4, 0.5) is 5.69 Å². The van der Waals surface area contributed by atoms with Crippen LogP contribution in [0.3, 0.4) is 0 Å². The number of likely N-dealkylation sites (N-methyl/N-ethyl adjacent to an activating group) is 1. The van der Waals surface area contributed by atoms with Gasteiger partial charge < -0.3 is 20.9 Å². The summed E-state index contributed by atoms with van der Waals surface area (Å²) >= 11 is 0. The van der Waals surface area contributed by atoms with Gasteiger partial charge in [-0.2, -0.15) is 0 Å². The summed E-state index contributed by atoms with van der Waals surface area (Å²) in [6, 6.07) is 8.56. The number of nitrogens with one attached hydrogen (secondary N) is 3. The number of carbonyl (C=O) groups excluding carboxylic acids is 1. The number of benzene rings is 1. The molecule has 26 heavy (non-hydrogen) atoms. The quantitative estimate of drug-likeness (QED) is 0.339. The normalized spacial score (nSPS) is 11.4. The van der Waals surface area contributed by atoms with Gasteiger partial charge in [-0.25, -0.2) is 0 Å². The Morgan fingerprint density at radius 3 is 2.54 bits per heavy atom. The zero-order valence-electron chi connectivity index (χ0n) is 16.9. The number of hydrogen-bond donors (Lipinski definition) is 3. The van der Waals surface area contributed by atoms with E-state index in [2.05, 4.69) is 64.0 Å². The first kappa shape index (κ1) is 21.8. The molecule has 1 amide bonds.